The summed E-state index contributed by atoms with van der Waals surface area (Å²) in [6.45, 7) is 0.756. The number of nitrogens with zero attached hydrogens (tertiary/aromatic N) is 3. The zero-order chi connectivity index (χ0) is 16.3. The average Bonchev–Trinajstić information content (AvgIpc) is 2.89. The van der Waals surface area contributed by atoms with Gasteiger partial charge < -0.3 is 14.6 Å². The first-order valence-electron chi connectivity index (χ1n) is 7.28. The molecule has 1 atom stereocenters. The van der Waals surface area contributed by atoms with Crippen molar-refractivity contribution in [3.8, 4) is 0 Å². The standard InChI is InChI=1S/C14H20F3N3O2/c1-19-9-6-18-13(19)12(22)10-3-7-20(8-4-10)11(21)2-5-14(15,16)17/h6,9-10,12,22H,2-5,7-8H2,1H3/t12-/m0/s1. The number of carbonyl (C=O) groups is 1. The predicted molar refractivity (Wildman–Crippen MR) is 72.8 cm³/mol. The number of carbonyl (C=O) groups excluding carboxylic acids is 1. The van der Waals surface area contributed by atoms with Crippen LogP contribution in [0, 0.1) is 5.92 Å². The first-order valence-corrected chi connectivity index (χ1v) is 7.28. The molecule has 22 heavy (non-hydrogen) atoms. The van der Waals surface area contributed by atoms with Gasteiger partial charge in [-0.05, 0) is 18.8 Å². The Labute approximate surface area is 126 Å². The predicted octanol–water partition coefficient (Wildman–Crippen LogP) is 2.03. The summed E-state index contributed by atoms with van der Waals surface area (Å²) in [5, 5.41) is 10.3. The van der Waals surface area contributed by atoms with Crippen LogP contribution in [0.15, 0.2) is 12.4 Å². The zero-order valence-electron chi connectivity index (χ0n) is 12.4. The van der Waals surface area contributed by atoms with E-state index in [-0.39, 0.29) is 5.92 Å². The normalized spacial score (nSPS) is 18.5. The minimum Gasteiger partial charge on any atom is -0.385 e. The summed E-state index contributed by atoms with van der Waals surface area (Å²) >= 11 is 0. The van der Waals surface area contributed by atoms with Gasteiger partial charge in [-0.1, -0.05) is 0 Å². The van der Waals surface area contributed by atoms with Crippen molar-refractivity contribution < 1.29 is 23.1 Å². The molecule has 1 aliphatic rings. The van der Waals surface area contributed by atoms with Crippen molar-refractivity contribution in [1.29, 1.82) is 0 Å². The lowest BCUT2D eigenvalue weighted by atomic mass is 9.90. The molecule has 8 heteroatoms. The molecule has 0 saturated carbocycles. The number of aryl methyl sites for hydroxylation is 1. The molecule has 0 spiro atoms. The number of hydrogen-bond acceptors (Lipinski definition) is 3. The molecule has 0 bridgehead atoms. The Kier molecular flexibility index (Phi) is 5.10. The molecule has 0 unspecified atom stereocenters. The maximum absolute atomic E-state index is 12.1. The Morgan fingerprint density at radius 1 is 1.45 bits per heavy atom. The first-order chi connectivity index (χ1) is 10.3. The van der Waals surface area contributed by atoms with E-state index in [9.17, 15) is 23.1 Å². The van der Waals surface area contributed by atoms with Crippen LogP contribution < -0.4 is 0 Å². The maximum atomic E-state index is 12.1. The van der Waals surface area contributed by atoms with Gasteiger partial charge in [0.05, 0.1) is 6.42 Å². The van der Waals surface area contributed by atoms with Crippen molar-refractivity contribution in [3.63, 3.8) is 0 Å². The number of halogens is 3. The van der Waals surface area contributed by atoms with Crippen LogP contribution in [0.2, 0.25) is 0 Å². The van der Waals surface area contributed by atoms with Crippen LogP contribution in [0.3, 0.4) is 0 Å². The van der Waals surface area contributed by atoms with E-state index in [1.165, 1.54) is 4.90 Å². The smallest absolute Gasteiger partial charge is 0.385 e. The molecule has 124 valence electrons. The summed E-state index contributed by atoms with van der Waals surface area (Å²) in [5.74, 6) is 0.0665. The number of likely N-dealkylation sites (tertiary alicyclic amines) is 1. The summed E-state index contributed by atoms with van der Waals surface area (Å²) in [5.41, 5.74) is 0. The molecule has 1 amide bonds. The highest BCUT2D eigenvalue weighted by molar-refractivity contribution is 5.76. The molecule has 0 aliphatic carbocycles. The molecule has 0 aromatic carbocycles. The molecule has 1 saturated heterocycles. The first kappa shape index (κ1) is 16.8. The fourth-order valence-corrected chi connectivity index (χ4v) is 2.74. The lowest BCUT2D eigenvalue weighted by Gasteiger charge is -2.34. The molecule has 0 radical (unpaired) electrons. The third kappa shape index (κ3) is 4.22. The number of alkyl halides is 3. The van der Waals surface area contributed by atoms with Crippen LogP contribution >= 0.6 is 0 Å². The van der Waals surface area contributed by atoms with E-state index in [4.69, 9.17) is 0 Å². The van der Waals surface area contributed by atoms with Crippen molar-refractivity contribution in [2.75, 3.05) is 13.1 Å². The number of imidazole rings is 1. The Balaban J connectivity index is 1.83. The SMILES string of the molecule is Cn1ccnc1[C@@H](O)C1CCN(C(=O)CCC(F)(F)F)CC1. The van der Waals surface area contributed by atoms with E-state index < -0.39 is 31.0 Å². The third-order valence-corrected chi connectivity index (χ3v) is 4.08. The van der Waals surface area contributed by atoms with Gasteiger partial charge in [0.1, 0.15) is 11.9 Å². The van der Waals surface area contributed by atoms with Gasteiger partial charge in [0.25, 0.3) is 0 Å². The minimum absolute atomic E-state index is 0.0345. The van der Waals surface area contributed by atoms with Gasteiger partial charge in [-0.25, -0.2) is 4.98 Å². The molecule has 2 heterocycles. The van der Waals surface area contributed by atoms with Crippen molar-refractivity contribution in [1.82, 2.24) is 14.5 Å². The van der Waals surface area contributed by atoms with Crippen molar-refractivity contribution in [2.45, 2.75) is 38.0 Å². The number of aliphatic hydroxyl groups is 1. The second-order valence-electron chi connectivity index (χ2n) is 5.67. The average molecular weight is 319 g/mol. The number of hydrogen-bond donors (Lipinski definition) is 1. The van der Waals surface area contributed by atoms with Crippen LogP contribution in [-0.4, -0.2) is 44.7 Å². The van der Waals surface area contributed by atoms with E-state index in [1.807, 2.05) is 0 Å². The van der Waals surface area contributed by atoms with Gasteiger partial charge >= 0.3 is 6.18 Å². The third-order valence-electron chi connectivity index (χ3n) is 4.08. The van der Waals surface area contributed by atoms with Crippen LogP contribution in [0.4, 0.5) is 13.2 Å². The summed E-state index contributed by atoms with van der Waals surface area (Å²) < 4.78 is 38.1. The highest BCUT2D eigenvalue weighted by atomic mass is 19.4. The maximum Gasteiger partial charge on any atom is 0.389 e. The van der Waals surface area contributed by atoms with Crippen molar-refractivity contribution in [3.05, 3.63) is 18.2 Å². The molecular weight excluding hydrogens is 299 g/mol. The monoisotopic (exact) mass is 319 g/mol. The topological polar surface area (TPSA) is 58.4 Å². The Morgan fingerprint density at radius 2 is 2.09 bits per heavy atom. The number of aliphatic hydroxyl groups excluding tert-OH is 1. The van der Waals surface area contributed by atoms with Crippen molar-refractivity contribution in [2.24, 2.45) is 13.0 Å². The molecule has 1 aromatic heterocycles. The summed E-state index contributed by atoms with van der Waals surface area (Å²) in [4.78, 5) is 17.3. The number of aromatic nitrogens is 2. The molecule has 1 N–H and O–H groups in total. The van der Waals surface area contributed by atoms with E-state index in [0.717, 1.165) is 0 Å². The van der Waals surface area contributed by atoms with Gasteiger partial charge in [-0.2, -0.15) is 13.2 Å². The van der Waals surface area contributed by atoms with Gasteiger partial charge in [0.2, 0.25) is 5.91 Å². The molecule has 1 aliphatic heterocycles. The zero-order valence-corrected chi connectivity index (χ0v) is 12.4. The molecule has 2 rings (SSSR count). The fourth-order valence-electron chi connectivity index (χ4n) is 2.74. The number of rotatable bonds is 4. The summed E-state index contributed by atoms with van der Waals surface area (Å²) in [6.07, 6.45) is -2.13. The van der Waals surface area contributed by atoms with Gasteiger partial charge in [-0.3, -0.25) is 4.79 Å². The second-order valence-corrected chi connectivity index (χ2v) is 5.67. The Bertz CT molecular complexity index is 508. The quantitative estimate of drug-likeness (QED) is 0.924. The van der Waals surface area contributed by atoms with Crippen molar-refractivity contribution >= 4 is 5.91 Å². The molecule has 1 fully saturated rings. The second kappa shape index (κ2) is 6.68. The Hall–Kier alpha value is -1.57. The van der Waals surface area contributed by atoms with E-state index in [0.29, 0.717) is 31.8 Å². The van der Waals surface area contributed by atoms with Gasteiger partial charge in [0, 0.05) is 39.0 Å². The highest BCUT2D eigenvalue weighted by Gasteiger charge is 2.32. The van der Waals surface area contributed by atoms with E-state index in [1.54, 1.807) is 24.0 Å². The molecule has 1 aromatic rings. The minimum atomic E-state index is -4.30. The van der Waals surface area contributed by atoms with E-state index in [2.05, 4.69) is 4.98 Å². The largest absolute Gasteiger partial charge is 0.389 e. The molecule has 5 nitrogen and oxygen atoms in total. The highest BCUT2D eigenvalue weighted by Crippen LogP contribution is 2.30. The number of piperidine rings is 1. The Morgan fingerprint density at radius 3 is 2.59 bits per heavy atom. The fraction of sp³-hybridized carbons (Fsp3) is 0.714. The van der Waals surface area contributed by atoms with Crippen LogP contribution in [0.1, 0.15) is 37.6 Å². The number of amides is 1. The summed E-state index contributed by atoms with van der Waals surface area (Å²) in [7, 11) is 1.79. The van der Waals surface area contributed by atoms with Crippen LogP contribution in [-0.2, 0) is 11.8 Å². The molecular formula is C14H20F3N3O2. The van der Waals surface area contributed by atoms with Crippen LogP contribution in [0.5, 0.6) is 0 Å². The lowest BCUT2D eigenvalue weighted by Crippen LogP contribution is -2.40. The van der Waals surface area contributed by atoms with Crippen LogP contribution in [0.25, 0.3) is 0 Å². The van der Waals surface area contributed by atoms with Gasteiger partial charge in [0.15, 0.2) is 0 Å². The summed E-state index contributed by atoms with van der Waals surface area (Å²) in [6, 6.07) is 0. The lowest BCUT2D eigenvalue weighted by molar-refractivity contribution is -0.150. The van der Waals surface area contributed by atoms with Gasteiger partial charge in [-0.15, -0.1) is 0 Å². The van der Waals surface area contributed by atoms with E-state index >= 15 is 0 Å².